The molecular weight excluding hydrogens is 594 g/mol. The van der Waals surface area contributed by atoms with Gasteiger partial charge in [-0.05, 0) is 47.6 Å². The van der Waals surface area contributed by atoms with Gasteiger partial charge in [-0.3, -0.25) is 9.59 Å². The fourth-order valence-electron chi connectivity index (χ4n) is 4.79. The Morgan fingerprint density at radius 3 is 2.32 bits per heavy atom. The van der Waals surface area contributed by atoms with Crippen LogP contribution >= 0.6 is 11.8 Å². The monoisotopic (exact) mass is 635 g/mol. The van der Waals surface area contributed by atoms with Crippen molar-refractivity contribution >= 4 is 29.5 Å². The highest BCUT2D eigenvalue weighted by molar-refractivity contribution is 7.99. The number of hydrogen-bond donors (Lipinski definition) is 7. The number of esters is 1. The Balaban J connectivity index is 1.70. The Labute approximate surface area is 260 Å². The summed E-state index contributed by atoms with van der Waals surface area (Å²) >= 11 is 1.60. The molecule has 1 heterocycles. The number of carbonyl (C=O) groups excluding carboxylic acids is 3. The third kappa shape index (κ3) is 9.38. The SMILES string of the molecule is COC(=O)C1(OCCCSCCN)CC(O)C(NC(C)=O)C([C@H](O)C(O)CNC(=O)c2ccc(-c3ccc(O)cc3)cc2)O1. The number of ether oxygens (including phenoxy) is 3. The van der Waals surface area contributed by atoms with E-state index < -0.39 is 67.0 Å². The van der Waals surface area contributed by atoms with E-state index in [2.05, 4.69) is 10.6 Å². The third-order valence-electron chi connectivity index (χ3n) is 7.02. The van der Waals surface area contributed by atoms with Crippen LogP contribution in [0.15, 0.2) is 48.5 Å². The topological polar surface area (TPSA) is 210 Å². The molecule has 2 aromatic carbocycles. The van der Waals surface area contributed by atoms with Gasteiger partial charge in [0.25, 0.3) is 11.7 Å². The molecule has 2 amide bonds. The molecule has 3 rings (SSSR count). The normalized spacial score (nSPS) is 22.9. The van der Waals surface area contributed by atoms with Gasteiger partial charge in [-0.15, -0.1) is 0 Å². The molecular formula is C30H41N3O10S. The number of nitrogens with one attached hydrogen (secondary N) is 2. The average molecular weight is 636 g/mol. The quantitative estimate of drug-likeness (QED) is 0.103. The standard InChI is InChI=1S/C30H41N3O10S/c1-18(34)33-25-23(36)16-30(29(40)41-2,42-13-3-14-44-15-12-31)43-27(25)26(38)24(37)17-32-28(39)21-6-4-19(5-7-21)20-8-10-22(35)11-9-20/h4-11,23-27,35-38H,3,12-17,31H2,1-2H3,(H,32,39)(H,33,34)/t23?,24?,25?,26-,27?,30?/m1/s1. The molecule has 0 aromatic heterocycles. The minimum absolute atomic E-state index is 0.0527. The van der Waals surface area contributed by atoms with Gasteiger partial charge in [0.15, 0.2) is 0 Å². The highest BCUT2D eigenvalue weighted by atomic mass is 32.2. The molecule has 242 valence electrons. The molecule has 5 unspecified atom stereocenters. The maximum atomic E-state index is 12.9. The average Bonchev–Trinajstić information content (AvgIpc) is 3.02. The van der Waals surface area contributed by atoms with Crippen LogP contribution in [0.4, 0.5) is 0 Å². The summed E-state index contributed by atoms with van der Waals surface area (Å²) in [5.41, 5.74) is 7.45. The van der Waals surface area contributed by atoms with E-state index in [-0.39, 0.29) is 17.9 Å². The second kappa shape index (κ2) is 16.7. The van der Waals surface area contributed by atoms with Crippen LogP contribution < -0.4 is 16.4 Å². The van der Waals surface area contributed by atoms with Crippen molar-refractivity contribution in [1.82, 2.24) is 10.6 Å². The molecule has 0 aliphatic carbocycles. The molecule has 0 saturated carbocycles. The lowest BCUT2D eigenvalue weighted by Crippen LogP contribution is -2.68. The molecule has 1 aliphatic rings. The molecule has 1 fully saturated rings. The summed E-state index contributed by atoms with van der Waals surface area (Å²) in [5.74, 6) is -2.57. The molecule has 0 radical (unpaired) electrons. The minimum Gasteiger partial charge on any atom is -0.508 e. The van der Waals surface area contributed by atoms with Crippen molar-refractivity contribution in [2.75, 3.05) is 38.3 Å². The number of aliphatic hydroxyl groups excluding tert-OH is 3. The van der Waals surface area contributed by atoms with E-state index in [1.54, 1.807) is 60.3 Å². The largest absolute Gasteiger partial charge is 0.508 e. The highest BCUT2D eigenvalue weighted by Gasteiger charge is 2.56. The van der Waals surface area contributed by atoms with E-state index in [1.807, 2.05) is 0 Å². The summed E-state index contributed by atoms with van der Waals surface area (Å²) in [6.45, 7) is 1.36. The minimum atomic E-state index is -2.12. The number of methoxy groups -OCH3 is 1. The van der Waals surface area contributed by atoms with Crippen LogP contribution in [0.3, 0.4) is 0 Å². The molecule has 0 spiro atoms. The molecule has 14 heteroatoms. The van der Waals surface area contributed by atoms with Gasteiger partial charge in [0.2, 0.25) is 5.91 Å². The first-order chi connectivity index (χ1) is 21.0. The number of hydrogen-bond acceptors (Lipinski definition) is 12. The Morgan fingerprint density at radius 1 is 1.09 bits per heavy atom. The van der Waals surface area contributed by atoms with E-state index in [1.165, 1.54) is 6.92 Å². The number of aliphatic hydroxyl groups is 3. The van der Waals surface area contributed by atoms with E-state index >= 15 is 0 Å². The molecule has 44 heavy (non-hydrogen) atoms. The second-order valence-electron chi connectivity index (χ2n) is 10.3. The van der Waals surface area contributed by atoms with Crippen molar-refractivity contribution < 1.29 is 49.0 Å². The number of amides is 2. The van der Waals surface area contributed by atoms with Gasteiger partial charge in [0, 0.05) is 37.8 Å². The Kier molecular flexibility index (Phi) is 13.4. The van der Waals surface area contributed by atoms with Crippen LogP contribution in [-0.2, 0) is 23.8 Å². The summed E-state index contributed by atoms with van der Waals surface area (Å²) < 4.78 is 16.6. The summed E-state index contributed by atoms with van der Waals surface area (Å²) in [7, 11) is 1.12. The van der Waals surface area contributed by atoms with Crippen molar-refractivity contribution in [2.45, 2.75) is 56.0 Å². The number of phenols is 1. The number of aromatic hydroxyl groups is 1. The lowest BCUT2D eigenvalue weighted by Gasteiger charge is -2.47. The number of nitrogens with two attached hydrogens (primary N) is 1. The fourth-order valence-corrected chi connectivity index (χ4v) is 5.48. The maximum Gasteiger partial charge on any atom is 0.366 e. The smallest absolute Gasteiger partial charge is 0.366 e. The molecule has 0 bridgehead atoms. The van der Waals surface area contributed by atoms with E-state index in [0.29, 0.717) is 18.7 Å². The zero-order valence-electron chi connectivity index (χ0n) is 24.7. The van der Waals surface area contributed by atoms with E-state index in [0.717, 1.165) is 24.0 Å². The van der Waals surface area contributed by atoms with Gasteiger partial charge in [-0.1, -0.05) is 24.3 Å². The fraction of sp³-hybridized carbons (Fsp3) is 0.500. The number of phenolic OH excluding ortho intramolecular Hbond substituents is 1. The lowest BCUT2D eigenvalue weighted by molar-refractivity contribution is -0.311. The van der Waals surface area contributed by atoms with Gasteiger partial charge >= 0.3 is 5.97 Å². The number of carbonyl (C=O) groups is 3. The predicted molar refractivity (Wildman–Crippen MR) is 163 cm³/mol. The van der Waals surface area contributed by atoms with Crippen molar-refractivity contribution in [1.29, 1.82) is 0 Å². The summed E-state index contributed by atoms with van der Waals surface area (Å²) in [4.78, 5) is 37.6. The van der Waals surface area contributed by atoms with Gasteiger partial charge < -0.3 is 51.0 Å². The summed E-state index contributed by atoms with van der Waals surface area (Å²) in [6, 6.07) is 12.0. The van der Waals surface area contributed by atoms with Crippen LogP contribution in [0, 0.1) is 0 Å². The van der Waals surface area contributed by atoms with Crippen molar-refractivity contribution in [3.63, 3.8) is 0 Å². The first-order valence-electron chi connectivity index (χ1n) is 14.2. The molecule has 6 atom stereocenters. The van der Waals surface area contributed by atoms with Crippen LogP contribution in [0.2, 0.25) is 0 Å². The van der Waals surface area contributed by atoms with E-state index in [4.69, 9.17) is 19.9 Å². The number of thioether (sulfide) groups is 1. The number of rotatable bonds is 15. The highest BCUT2D eigenvalue weighted by Crippen LogP contribution is 2.34. The van der Waals surface area contributed by atoms with Gasteiger partial charge in [0.1, 0.15) is 18.0 Å². The summed E-state index contributed by atoms with van der Waals surface area (Å²) in [6.07, 6.45) is -6.25. The van der Waals surface area contributed by atoms with Crippen LogP contribution in [0.1, 0.15) is 30.1 Å². The van der Waals surface area contributed by atoms with Crippen LogP contribution in [0.25, 0.3) is 11.1 Å². The molecule has 1 aliphatic heterocycles. The molecule has 8 N–H and O–H groups in total. The molecule has 13 nitrogen and oxygen atoms in total. The van der Waals surface area contributed by atoms with Crippen molar-refractivity contribution in [3.05, 3.63) is 54.1 Å². The second-order valence-corrected chi connectivity index (χ2v) is 11.5. The van der Waals surface area contributed by atoms with Crippen molar-refractivity contribution in [2.24, 2.45) is 5.73 Å². The van der Waals surface area contributed by atoms with E-state index in [9.17, 15) is 34.8 Å². The first-order valence-corrected chi connectivity index (χ1v) is 15.3. The van der Waals surface area contributed by atoms with Gasteiger partial charge in [-0.2, -0.15) is 11.8 Å². The Hall–Kier alpha value is -3.24. The molecule has 1 saturated heterocycles. The van der Waals surface area contributed by atoms with Crippen molar-refractivity contribution in [3.8, 4) is 16.9 Å². The predicted octanol–water partition coefficient (Wildman–Crippen LogP) is 0.133. The summed E-state index contributed by atoms with van der Waals surface area (Å²) in [5, 5.41) is 47.5. The lowest BCUT2D eigenvalue weighted by atomic mass is 9.88. The van der Waals surface area contributed by atoms with Crippen LogP contribution in [0.5, 0.6) is 5.75 Å². The molecule has 2 aromatic rings. The van der Waals surface area contributed by atoms with Gasteiger partial charge in [-0.25, -0.2) is 4.79 Å². The Morgan fingerprint density at radius 2 is 1.73 bits per heavy atom. The Bertz CT molecular complexity index is 1230. The maximum absolute atomic E-state index is 12.9. The zero-order valence-corrected chi connectivity index (χ0v) is 25.5. The number of benzene rings is 2. The first kappa shape index (κ1) is 35.2. The third-order valence-corrected chi connectivity index (χ3v) is 8.12. The van der Waals surface area contributed by atoms with Gasteiger partial charge in [0.05, 0.1) is 32.0 Å². The van der Waals surface area contributed by atoms with Crippen LogP contribution in [-0.4, -0.2) is 113 Å². The zero-order chi connectivity index (χ0) is 32.3.